The lowest BCUT2D eigenvalue weighted by Gasteiger charge is -2.25. The van der Waals surface area contributed by atoms with Crippen LogP contribution in [0.1, 0.15) is 39.3 Å². The molecule has 4 nitrogen and oxygen atoms in total. The molecule has 0 atom stereocenters. The van der Waals surface area contributed by atoms with E-state index in [1.165, 1.54) is 24.4 Å². The number of hydrogen-bond acceptors (Lipinski definition) is 3. The van der Waals surface area contributed by atoms with Crippen molar-refractivity contribution in [2.45, 2.75) is 46.2 Å². The highest BCUT2D eigenvalue weighted by Gasteiger charge is 2.32. The fourth-order valence-corrected chi connectivity index (χ4v) is 2.86. The summed E-state index contributed by atoms with van der Waals surface area (Å²) in [6.45, 7) is 9.67. The quantitative estimate of drug-likeness (QED) is 0.849. The van der Waals surface area contributed by atoms with Gasteiger partial charge in [-0.2, -0.15) is 0 Å². The SMILES string of the molecule is CCNCc1c(N(CC(C)C)C2CC2)nc2ccccn12. The number of fused-ring (bicyclic) bond motifs is 1. The fraction of sp³-hybridized carbons (Fsp3) is 0.588. The van der Waals surface area contributed by atoms with Gasteiger partial charge in [0.25, 0.3) is 0 Å². The van der Waals surface area contributed by atoms with Crippen LogP contribution in [0.3, 0.4) is 0 Å². The zero-order valence-corrected chi connectivity index (χ0v) is 13.3. The molecule has 114 valence electrons. The third kappa shape index (κ3) is 3.05. The van der Waals surface area contributed by atoms with Crippen LogP contribution in [-0.2, 0) is 6.54 Å². The molecular formula is C17H26N4. The Morgan fingerprint density at radius 3 is 2.86 bits per heavy atom. The van der Waals surface area contributed by atoms with E-state index in [1.807, 2.05) is 0 Å². The highest BCUT2D eigenvalue weighted by molar-refractivity contribution is 5.57. The van der Waals surface area contributed by atoms with Gasteiger partial charge in [-0.05, 0) is 37.4 Å². The van der Waals surface area contributed by atoms with Crippen molar-refractivity contribution < 1.29 is 0 Å². The number of imidazole rings is 1. The van der Waals surface area contributed by atoms with Crippen LogP contribution >= 0.6 is 0 Å². The summed E-state index contributed by atoms with van der Waals surface area (Å²) in [5, 5.41) is 3.46. The van der Waals surface area contributed by atoms with E-state index in [0.717, 1.165) is 25.3 Å². The summed E-state index contributed by atoms with van der Waals surface area (Å²) in [4.78, 5) is 7.46. The van der Waals surface area contributed by atoms with Crippen LogP contribution in [0.5, 0.6) is 0 Å². The van der Waals surface area contributed by atoms with Gasteiger partial charge in [-0.1, -0.05) is 26.8 Å². The molecule has 1 fully saturated rings. The van der Waals surface area contributed by atoms with Gasteiger partial charge in [0.15, 0.2) is 5.82 Å². The molecule has 0 aromatic carbocycles. The second kappa shape index (κ2) is 6.06. The minimum Gasteiger partial charge on any atom is -0.352 e. The minimum atomic E-state index is 0.655. The number of nitrogens with zero attached hydrogens (tertiary/aromatic N) is 3. The van der Waals surface area contributed by atoms with Gasteiger partial charge in [0.05, 0.1) is 5.69 Å². The molecule has 0 radical (unpaired) electrons. The molecule has 1 aliphatic carbocycles. The van der Waals surface area contributed by atoms with Crippen molar-refractivity contribution in [3.63, 3.8) is 0 Å². The molecule has 2 aromatic heterocycles. The molecule has 0 unspecified atom stereocenters. The first-order chi connectivity index (χ1) is 10.2. The smallest absolute Gasteiger partial charge is 0.152 e. The van der Waals surface area contributed by atoms with Crippen LogP contribution in [0.15, 0.2) is 24.4 Å². The van der Waals surface area contributed by atoms with Crippen LogP contribution in [0.25, 0.3) is 5.65 Å². The van der Waals surface area contributed by atoms with E-state index in [9.17, 15) is 0 Å². The molecular weight excluding hydrogens is 260 g/mol. The van der Waals surface area contributed by atoms with Crippen molar-refractivity contribution in [1.82, 2.24) is 14.7 Å². The lowest BCUT2D eigenvalue weighted by Crippen LogP contribution is -2.31. The van der Waals surface area contributed by atoms with Crippen LogP contribution in [-0.4, -0.2) is 28.5 Å². The summed E-state index contributed by atoms with van der Waals surface area (Å²) in [5.74, 6) is 1.83. The average Bonchev–Trinajstić information content (AvgIpc) is 3.24. The zero-order valence-electron chi connectivity index (χ0n) is 13.3. The van der Waals surface area contributed by atoms with E-state index in [-0.39, 0.29) is 0 Å². The second-order valence-electron chi connectivity index (χ2n) is 6.37. The number of rotatable bonds is 7. The van der Waals surface area contributed by atoms with E-state index < -0.39 is 0 Å². The van der Waals surface area contributed by atoms with Crippen molar-refractivity contribution >= 4 is 11.5 Å². The number of hydrogen-bond donors (Lipinski definition) is 1. The maximum atomic E-state index is 4.93. The molecule has 1 aliphatic rings. The largest absolute Gasteiger partial charge is 0.352 e. The Hall–Kier alpha value is -1.55. The number of pyridine rings is 1. The lowest BCUT2D eigenvalue weighted by molar-refractivity contribution is 0.598. The van der Waals surface area contributed by atoms with Crippen molar-refractivity contribution in [2.24, 2.45) is 5.92 Å². The molecule has 0 amide bonds. The Kier molecular flexibility index (Phi) is 4.15. The van der Waals surface area contributed by atoms with Crippen molar-refractivity contribution in [3.8, 4) is 0 Å². The first-order valence-corrected chi connectivity index (χ1v) is 8.14. The first-order valence-electron chi connectivity index (χ1n) is 8.14. The monoisotopic (exact) mass is 286 g/mol. The Balaban J connectivity index is 2.01. The summed E-state index contributed by atoms with van der Waals surface area (Å²) >= 11 is 0. The highest BCUT2D eigenvalue weighted by Crippen LogP contribution is 2.34. The van der Waals surface area contributed by atoms with Gasteiger partial charge in [-0.3, -0.25) is 0 Å². The maximum absolute atomic E-state index is 4.93. The zero-order chi connectivity index (χ0) is 14.8. The van der Waals surface area contributed by atoms with Gasteiger partial charge in [-0.25, -0.2) is 4.98 Å². The Morgan fingerprint density at radius 2 is 2.19 bits per heavy atom. The lowest BCUT2D eigenvalue weighted by atomic mass is 10.2. The summed E-state index contributed by atoms with van der Waals surface area (Å²) in [6.07, 6.45) is 4.74. The molecule has 21 heavy (non-hydrogen) atoms. The fourth-order valence-electron chi connectivity index (χ4n) is 2.86. The molecule has 0 aliphatic heterocycles. The number of aromatic nitrogens is 2. The number of nitrogens with one attached hydrogen (secondary N) is 1. The predicted molar refractivity (Wildman–Crippen MR) is 87.8 cm³/mol. The molecule has 1 saturated carbocycles. The topological polar surface area (TPSA) is 32.6 Å². The standard InChI is InChI=1S/C17H26N4/c1-4-18-11-15-17(19-16-7-5-6-10-20(15)16)21(12-13(2)3)14-8-9-14/h5-7,10,13-14,18H,4,8-9,11-12H2,1-3H3. The van der Waals surface area contributed by atoms with Gasteiger partial charge in [-0.15, -0.1) is 0 Å². The van der Waals surface area contributed by atoms with Crippen LogP contribution in [0.2, 0.25) is 0 Å². The molecule has 4 heteroatoms. The molecule has 0 bridgehead atoms. The molecule has 0 spiro atoms. The van der Waals surface area contributed by atoms with Crippen molar-refractivity contribution in [3.05, 3.63) is 30.1 Å². The summed E-state index contributed by atoms with van der Waals surface area (Å²) in [6, 6.07) is 6.93. The summed E-state index contributed by atoms with van der Waals surface area (Å²) in [7, 11) is 0. The third-order valence-electron chi connectivity index (χ3n) is 3.97. The van der Waals surface area contributed by atoms with E-state index in [1.54, 1.807) is 0 Å². The summed E-state index contributed by atoms with van der Waals surface area (Å²) < 4.78 is 2.23. The molecule has 1 N–H and O–H groups in total. The Labute approximate surface area is 127 Å². The van der Waals surface area contributed by atoms with Gasteiger partial charge in [0, 0.05) is 25.3 Å². The first kappa shape index (κ1) is 14.4. The van der Waals surface area contributed by atoms with E-state index >= 15 is 0 Å². The molecule has 3 rings (SSSR count). The van der Waals surface area contributed by atoms with Crippen molar-refractivity contribution in [2.75, 3.05) is 18.0 Å². The molecule has 2 heterocycles. The highest BCUT2D eigenvalue weighted by atomic mass is 15.3. The van der Waals surface area contributed by atoms with Crippen LogP contribution in [0, 0.1) is 5.92 Å². The minimum absolute atomic E-state index is 0.655. The summed E-state index contributed by atoms with van der Waals surface area (Å²) in [5.41, 5.74) is 2.34. The van der Waals surface area contributed by atoms with Gasteiger partial charge in [0.1, 0.15) is 5.65 Å². The van der Waals surface area contributed by atoms with Crippen LogP contribution < -0.4 is 10.2 Å². The van der Waals surface area contributed by atoms with Crippen molar-refractivity contribution in [1.29, 1.82) is 0 Å². The van der Waals surface area contributed by atoms with E-state index in [0.29, 0.717) is 12.0 Å². The Bertz CT molecular complexity index is 598. The van der Waals surface area contributed by atoms with Gasteiger partial charge in [0.2, 0.25) is 0 Å². The average molecular weight is 286 g/mol. The van der Waals surface area contributed by atoms with Gasteiger partial charge >= 0.3 is 0 Å². The third-order valence-corrected chi connectivity index (χ3v) is 3.97. The Morgan fingerprint density at radius 1 is 1.38 bits per heavy atom. The van der Waals surface area contributed by atoms with Gasteiger partial charge < -0.3 is 14.6 Å². The maximum Gasteiger partial charge on any atom is 0.152 e. The van der Waals surface area contributed by atoms with Crippen LogP contribution in [0.4, 0.5) is 5.82 Å². The number of anilines is 1. The van der Waals surface area contributed by atoms with E-state index in [4.69, 9.17) is 4.98 Å². The molecule has 0 saturated heterocycles. The second-order valence-corrected chi connectivity index (χ2v) is 6.37. The molecule has 2 aromatic rings. The normalized spacial score (nSPS) is 15.0. The predicted octanol–water partition coefficient (Wildman–Crippen LogP) is 3.07. The van der Waals surface area contributed by atoms with E-state index in [2.05, 4.69) is 59.8 Å².